The molecule has 0 bridgehead atoms. The monoisotopic (exact) mass is 348 g/mol. The van der Waals surface area contributed by atoms with E-state index in [1.807, 2.05) is 91.0 Å². The molecular weight excluding hydrogens is 328 g/mol. The van der Waals surface area contributed by atoms with Gasteiger partial charge < -0.3 is 5.11 Å². The van der Waals surface area contributed by atoms with E-state index >= 15 is 0 Å². The van der Waals surface area contributed by atoms with E-state index in [2.05, 4.69) is 12.6 Å². The standard InChI is InChI=1S/C22H20O2S/c23-21(24)20(16-25)22(17-10-4-1-5-11-17,18-12-6-2-7-13-18)19-14-8-3-9-15-19/h1-15,20,25H,16H2,(H,23,24). The van der Waals surface area contributed by atoms with Gasteiger partial charge in [0.25, 0.3) is 0 Å². The minimum absolute atomic E-state index is 0.230. The van der Waals surface area contributed by atoms with Crippen LogP contribution in [0, 0.1) is 5.92 Å². The number of aliphatic carboxylic acids is 1. The summed E-state index contributed by atoms with van der Waals surface area (Å²) in [5.74, 6) is -1.33. The van der Waals surface area contributed by atoms with E-state index in [1.54, 1.807) is 0 Å². The highest BCUT2D eigenvalue weighted by molar-refractivity contribution is 7.80. The topological polar surface area (TPSA) is 37.3 Å². The summed E-state index contributed by atoms with van der Waals surface area (Å²) in [6.07, 6.45) is 0. The summed E-state index contributed by atoms with van der Waals surface area (Å²) < 4.78 is 0. The quantitative estimate of drug-likeness (QED) is 0.502. The molecule has 3 rings (SSSR count). The Kier molecular flexibility index (Phi) is 5.25. The zero-order valence-corrected chi connectivity index (χ0v) is 14.6. The molecule has 0 aliphatic rings. The van der Waals surface area contributed by atoms with Crippen molar-refractivity contribution < 1.29 is 9.90 Å². The lowest BCUT2D eigenvalue weighted by Gasteiger charge is -2.40. The Morgan fingerprint density at radius 2 is 1.08 bits per heavy atom. The molecule has 0 aliphatic carbocycles. The lowest BCUT2D eigenvalue weighted by atomic mass is 9.62. The smallest absolute Gasteiger partial charge is 0.308 e. The number of rotatable bonds is 6. The highest BCUT2D eigenvalue weighted by Gasteiger charge is 2.46. The Balaban J connectivity index is 2.42. The maximum Gasteiger partial charge on any atom is 0.308 e. The fourth-order valence-corrected chi connectivity index (χ4v) is 4.04. The molecule has 2 nitrogen and oxygen atoms in total. The molecule has 0 heterocycles. The second-order valence-corrected chi connectivity index (χ2v) is 6.34. The van der Waals surface area contributed by atoms with Gasteiger partial charge in [0.1, 0.15) is 0 Å². The molecule has 0 saturated heterocycles. The lowest BCUT2D eigenvalue weighted by molar-refractivity contribution is -0.142. The summed E-state index contributed by atoms with van der Waals surface area (Å²) in [6, 6.07) is 29.5. The number of carboxylic acids is 1. The van der Waals surface area contributed by atoms with Gasteiger partial charge >= 0.3 is 5.97 Å². The van der Waals surface area contributed by atoms with Gasteiger partial charge in [0.05, 0.1) is 11.3 Å². The summed E-state index contributed by atoms with van der Waals surface area (Å²) in [4.78, 5) is 12.2. The SMILES string of the molecule is O=C(O)C(CS)C(c1ccccc1)(c1ccccc1)c1ccccc1. The second kappa shape index (κ2) is 7.58. The van der Waals surface area contributed by atoms with Gasteiger partial charge in [0.2, 0.25) is 0 Å². The first-order valence-electron chi connectivity index (χ1n) is 8.21. The minimum atomic E-state index is -0.855. The predicted octanol–water partition coefficient (Wildman–Crippen LogP) is 4.65. The van der Waals surface area contributed by atoms with Gasteiger partial charge in [-0.1, -0.05) is 91.0 Å². The third kappa shape index (κ3) is 3.08. The zero-order valence-electron chi connectivity index (χ0n) is 13.7. The van der Waals surface area contributed by atoms with Gasteiger partial charge in [-0.25, -0.2) is 0 Å². The summed E-state index contributed by atoms with van der Waals surface area (Å²) in [5, 5.41) is 10.0. The third-order valence-corrected chi connectivity index (χ3v) is 5.06. The van der Waals surface area contributed by atoms with Gasteiger partial charge in [-0.15, -0.1) is 0 Å². The van der Waals surface area contributed by atoms with Gasteiger partial charge in [-0.05, 0) is 16.7 Å². The number of carboxylic acid groups (broad SMARTS) is 1. The van der Waals surface area contributed by atoms with Crippen LogP contribution in [0.1, 0.15) is 16.7 Å². The largest absolute Gasteiger partial charge is 0.481 e. The van der Waals surface area contributed by atoms with E-state index in [9.17, 15) is 9.90 Å². The van der Waals surface area contributed by atoms with Crippen molar-refractivity contribution in [2.24, 2.45) is 5.92 Å². The molecular formula is C22H20O2S. The molecule has 0 spiro atoms. The molecule has 3 aromatic rings. The molecule has 126 valence electrons. The highest BCUT2D eigenvalue weighted by atomic mass is 32.1. The van der Waals surface area contributed by atoms with Crippen LogP contribution in [0.15, 0.2) is 91.0 Å². The number of hydrogen-bond acceptors (Lipinski definition) is 2. The summed E-state index contributed by atoms with van der Waals surface area (Å²) in [7, 11) is 0. The van der Waals surface area contributed by atoms with Gasteiger partial charge in [0, 0.05) is 5.75 Å². The van der Waals surface area contributed by atoms with Crippen molar-refractivity contribution in [2.45, 2.75) is 5.41 Å². The average Bonchev–Trinajstić information content (AvgIpc) is 2.68. The molecule has 0 aliphatic heterocycles. The maximum atomic E-state index is 12.2. The molecule has 0 saturated carbocycles. The normalized spacial score (nSPS) is 12.5. The Hall–Kier alpha value is -2.52. The van der Waals surface area contributed by atoms with Crippen LogP contribution in [0.5, 0.6) is 0 Å². The molecule has 0 aromatic heterocycles. The Labute approximate surface area is 153 Å². The van der Waals surface area contributed by atoms with Crippen molar-refractivity contribution in [1.82, 2.24) is 0 Å². The van der Waals surface area contributed by atoms with E-state index < -0.39 is 17.3 Å². The molecule has 0 radical (unpaired) electrons. The Bertz CT molecular complexity index is 720. The van der Waals surface area contributed by atoms with Crippen LogP contribution in [0.2, 0.25) is 0 Å². The van der Waals surface area contributed by atoms with Crippen LogP contribution in [0.3, 0.4) is 0 Å². The predicted molar refractivity (Wildman–Crippen MR) is 104 cm³/mol. The van der Waals surface area contributed by atoms with Crippen LogP contribution >= 0.6 is 12.6 Å². The van der Waals surface area contributed by atoms with Gasteiger partial charge in [-0.3, -0.25) is 4.79 Å². The van der Waals surface area contributed by atoms with Crippen LogP contribution in [-0.4, -0.2) is 16.8 Å². The summed E-state index contributed by atoms with van der Waals surface area (Å²) >= 11 is 4.42. The Morgan fingerprint density at radius 3 is 1.32 bits per heavy atom. The van der Waals surface area contributed by atoms with Crippen LogP contribution in [0.25, 0.3) is 0 Å². The third-order valence-electron chi connectivity index (χ3n) is 4.69. The number of benzene rings is 3. The van der Waals surface area contributed by atoms with Crippen molar-refractivity contribution in [2.75, 3.05) is 5.75 Å². The van der Waals surface area contributed by atoms with Crippen molar-refractivity contribution in [3.05, 3.63) is 108 Å². The van der Waals surface area contributed by atoms with E-state index in [-0.39, 0.29) is 5.75 Å². The first-order valence-corrected chi connectivity index (χ1v) is 8.84. The van der Waals surface area contributed by atoms with Gasteiger partial charge in [0.15, 0.2) is 0 Å². The molecule has 0 fully saturated rings. The van der Waals surface area contributed by atoms with Gasteiger partial charge in [-0.2, -0.15) is 12.6 Å². The highest BCUT2D eigenvalue weighted by Crippen LogP contribution is 2.45. The first-order chi connectivity index (χ1) is 12.2. The molecule has 25 heavy (non-hydrogen) atoms. The molecule has 3 heteroatoms. The number of carbonyl (C=O) groups is 1. The van der Waals surface area contributed by atoms with Crippen molar-refractivity contribution in [3.8, 4) is 0 Å². The first kappa shape index (κ1) is 17.3. The summed E-state index contributed by atoms with van der Waals surface area (Å²) in [5.41, 5.74) is 2.05. The molecule has 0 amide bonds. The number of hydrogen-bond donors (Lipinski definition) is 2. The number of thiol groups is 1. The molecule has 3 aromatic carbocycles. The molecule has 1 N–H and O–H groups in total. The van der Waals surface area contributed by atoms with Crippen molar-refractivity contribution in [1.29, 1.82) is 0 Å². The molecule has 1 atom stereocenters. The summed E-state index contributed by atoms with van der Waals surface area (Å²) in [6.45, 7) is 0. The van der Waals surface area contributed by atoms with Crippen LogP contribution < -0.4 is 0 Å². The minimum Gasteiger partial charge on any atom is -0.481 e. The second-order valence-electron chi connectivity index (χ2n) is 5.98. The zero-order chi connectivity index (χ0) is 17.7. The van der Waals surface area contributed by atoms with Crippen LogP contribution in [0.4, 0.5) is 0 Å². The van der Waals surface area contributed by atoms with E-state index in [0.29, 0.717) is 0 Å². The van der Waals surface area contributed by atoms with Crippen LogP contribution in [-0.2, 0) is 10.2 Å². The lowest BCUT2D eigenvalue weighted by Crippen LogP contribution is -2.43. The van der Waals surface area contributed by atoms with E-state index in [4.69, 9.17) is 0 Å². The van der Waals surface area contributed by atoms with E-state index in [0.717, 1.165) is 16.7 Å². The fourth-order valence-electron chi connectivity index (χ4n) is 3.61. The molecule has 1 unspecified atom stereocenters. The fraction of sp³-hybridized carbons (Fsp3) is 0.136. The van der Waals surface area contributed by atoms with E-state index in [1.165, 1.54) is 0 Å². The van der Waals surface area contributed by atoms with Crippen molar-refractivity contribution >= 4 is 18.6 Å². The average molecular weight is 348 g/mol. The van der Waals surface area contributed by atoms with Crippen molar-refractivity contribution in [3.63, 3.8) is 0 Å². The maximum absolute atomic E-state index is 12.2. The Morgan fingerprint density at radius 1 is 0.760 bits per heavy atom.